The molecular weight excluding hydrogens is 324 g/mol. The van der Waals surface area contributed by atoms with Crippen LogP contribution in [0.4, 0.5) is 0 Å². The Hall–Kier alpha value is -2.04. The molecule has 6 nitrogen and oxygen atoms in total. The summed E-state index contributed by atoms with van der Waals surface area (Å²) in [5, 5.41) is 16.3. The Morgan fingerprint density at radius 1 is 1.50 bits per heavy atom. The second-order valence-electron chi connectivity index (χ2n) is 5.98. The van der Waals surface area contributed by atoms with Crippen LogP contribution in [0.5, 0.6) is 0 Å². The molecule has 0 saturated carbocycles. The molecule has 2 heterocycles. The number of benzene rings is 1. The molecule has 0 bridgehead atoms. The highest BCUT2D eigenvalue weighted by Crippen LogP contribution is 2.24. The van der Waals surface area contributed by atoms with Crippen LogP contribution in [0.15, 0.2) is 34.2 Å². The first-order valence-electron chi connectivity index (χ1n) is 8.04. The molecule has 1 fully saturated rings. The number of rotatable bonds is 6. The molecule has 2 unspecified atom stereocenters. The summed E-state index contributed by atoms with van der Waals surface area (Å²) in [7, 11) is 0. The number of aromatic nitrogens is 3. The van der Waals surface area contributed by atoms with E-state index in [0.717, 1.165) is 25.0 Å². The number of nitriles is 1. The molecule has 24 heavy (non-hydrogen) atoms. The van der Waals surface area contributed by atoms with Crippen LogP contribution in [-0.4, -0.2) is 32.7 Å². The van der Waals surface area contributed by atoms with Crippen molar-refractivity contribution < 1.29 is 4.74 Å². The summed E-state index contributed by atoms with van der Waals surface area (Å²) in [6.45, 7) is 3.27. The lowest BCUT2D eigenvalue weighted by molar-refractivity contribution is 0.0941. The van der Waals surface area contributed by atoms with E-state index >= 15 is 0 Å². The molecule has 0 spiro atoms. The summed E-state index contributed by atoms with van der Waals surface area (Å²) >= 11 is 1.32. The summed E-state index contributed by atoms with van der Waals surface area (Å²) in [6.07, 6.45) is 2.64. The van der Waals surface area contributed by atoms with Gasteiger partial charge in [-0.1, -0.05) is 41.6 Å². The van der Waals surface area contributed by atoms with Gasteiger partial charge in [0.25, 0.3) is 0 Å². The smallest absolute Gasteiger partial charge is 0.344 e. The summed E-state index contributed by atoms with van der Waals surface area (Å²) in [5.74, 6) is 0. The van der Waals surface area contributed by atoms with E-state index in [1.165, 1.54) is 17.3 Å². The minimum absolute atomic E-state index is 0.0530. The summed E-state index contributed by atoms with van der Waals surface area (Å²) in [5.41, 5.74) is 2.04. The molecular formula is C17H20N4O2S. The quantitative estimate of drug-likeness (QED) is 0.813. The average Bonchev–Trinajstić information content (AvgIpc) is 3.21. The summed E-state index contributed by atoms with van der Waals surface area (Å²) < 4.78 is 7.18. The van der Waals surface area contributed by atoms with Gasteiger partial charge in [0.2, 0.25) is 0 Å². The van der Waals surface area contributed by atoms with Crippen LogP contribution >= 0.6 is 11.8 Å². The number of H-pyrrole nitrogens is 1. The third-order valence-electron chi connectivity index (χ3n) is 4.07. The average molecular weight is 344 g/mol. The Bertz CT molecular complexity index is 769. The van der Waals surface area contributed by atoms with Crippen LogP contribution in [0, 0.1) is 18.3 Å². The standard InChI is InChI=1S/C17H20N4O2S/c1-12-4-6-13(7-5-12)9-15(10-18)24-17-20-19-16(22)21(17)11-14-3-2-8-23-14/h4-7,14-15H,2-3,8-9,11H2,1H3,(H,19,22). The predicted molar refractivity (Wildman–Crippen MR) is 92.0 cm³/mol. The van der Waals surface area contributed by atoms with Crippen molar-refractivity contribution in [2.24, 2.45) is 0 Å². The second kappa shape index (κ2) is 7.69. The molecule has 1 aromatic carbocycles. The topological polar surface area (TPSA) is 83.7 Å². The number of nitrogens with zero attached hydrogens (tertiary/aromatic N) is 3. The van der Waals surface area contributed by atoms with Crippen molar-refractivity contribution >= 4 is 11.8 Å². The predicted octanol–water partition coefficient (Wildman–Crippen LogP) is 2.29. The Kier molecular flexibility index (Phi) is 5.38. The van der Waals surface area contributed by atoms with Crippen LogP contribution in [0.1, 0.15) is 24.0 Å². The number of aromatic amines is 1. The third kappa shape index (κ3) is 4.08. The lowest BCUT2D eigenvalue weighted by Crippen LogP contribution is -2.25. The van der Waals surface area contributed by atoms with Crippen LogP contribution in [-0.2, 0) is 17.7 Å². The van der Waals surface area contributed by atoms with E-state index in [9.17, 15) is 10.1 Å². The normalized spacial score (nSPS) is 18.4. The van der Waals surface area contributed by atoms with Crippen LogP contribution in [0.2, 0.25) is 0 Å². The van der Waals surface area contributed by atoms with Gasteiger partial charge in [-0.25, -0.2) is 9.89 Å². The first-order chi connectivity index (χ1) is 11.7. The Balaban J connectivity index is 1.70. The number of nitrogens with one attached hydrogen (secondary N) is 1. The van der Waals surface area contributed by atoms with Gasteiger partial charge in [-0.3, -0.25) is 4.57 Å². The van der Waals surface area contributed by atoms with E-state index in [0.29, 0.717) is 18.1 Å². The zero-order valence-corrected chi connectivity index (χ0v) is 14.4. The highest BCUT2D eigenvalue weighted by atomic mass is 32.2. The van der Waals surface area contributed by atoms with E-state index < -0.39 is 0 Å². The zero-order chi connectivity index (χ0) is 16.9. The number of thioether (sulfide) groups is 1. The van der Waals surface area contributed by atoms with Gasteiger partial charge in [0.1, 0.15) is 5.25 Å². The molecule has 1 aromatic heterocycles. The largest absolute Gasteiger partial charge is 0.376 e. The molecule has 1 aliphatic heterocycles. The SMILES string of the molecule is Cc1ccc(CC(C#N)Sc2n[nH]c(=O)n2CC2CCCO2)cc1. The molecule has 0 radical (unpaired) electrons. The van der Waals surface area contributed by atoms with Crippen LogP contribution < -0.4 is 5.69 Å². The van der Waals surface area contributed by atoms with E-state index in [2.05, 4.69) is 16.3 Å². The number of ether oxygens (including phenoxy) is 1. The second-order valence-corrected chi connectivity index (χ2v) is 7.15. The van der Waals surface area contributed by atoms with Crippen LogP contribution in [0.3, 0.4) is 0 Å². The van der Waals surface area contributed by atoms with E-state index in [1.54, 1.807) is 4.57 Å². The molecule has 0 aliphatic carbocycles. The molecule has 1 aliphatic rings. The molecule has 126 valence electrons. The minimum atomic E-state index is -0.300. The molecule has 1 saturated heterocycles. The maximum absolute atomic E-state index is 12.0. The lowest BCUT2D eigenvalue weighted by atomic mass is 10.1. The molecule has 1 N–H and O–H groups in total. The van der Waals surface area contributed by atoms with Crippen molar-refractivity contribution in [3.8, 4) is 6.07 Å². The van der Waals surface area contributed by atoms with Gasteiger partial charge < -0.3 is 4.74 Å². The fraction of sp³-hybridized carbons (Fsp3) is 0.471. The van der Waals surface area contributed by atoms with E-state index in [-0.39, 0.29) is 17.0 Å². The number of hydrogen-bond donors (Lipinski definition) is 1. The van der Waals surface area contributed by atoms with Crippen molar-refractivity contribution in [2.75, 3.05) is 6.61 Å². The van der Waals surface area contributed by atoms with Gasteiger partial charge in [-0.15, -0.1) is 5.10 Å². The molecule has 7 heteroatoms. The Morgan fingerprint density at radius 3 is 2.96 bits per heavy atom. The fourth-order valence-corrected chi connectivity index (χ4v) is 3.69. The molecule has 3 rings (SSSR count). The highest BCUT2D eigenvalue weighted by Gasteiger charge is 2.21. The summed E-state index contributed by atoms with van der Waals surface area (Å²) in [6, 6.07) is 10.4. The van der Waals surface area contributed by atoms with Gasteiger partial charge in [0, 0.05) is 6.61 Å². The monoisotopic (exact) mass is 344 g/mol. The van der Waals surface area contributed by atoms with Gasteiger partial charge in [0.15, 0.2) is 5.16 Å². The summed E-state index contributed by atoms with van der Waals surface area (Å²) in [4.78, 5) is 12.0. The van der Waals surface area contributed by atoms with E-state index in [1.807, 2.05) is 31.2 Å². The first kappa shape index (κ1) is 16.8. The minimum Gasteiger partial charge on any atom is -0.376 e. The zero-order valence-electron chi connectivity index (χ0n) is 13.6. The first-order valence-corrected chi connectivity index (χ1v) is 8.92. The number of hydrogen-bond acceptors (Lipinski definition) is 5. The van der Waals surface area contributed by atoms with Gasteiger partial charge >= 0.3 is 5.69 Å². The molecule has 0 amide bonds. The maximum atomic E-state index is 12.0. The molecule has 2 atom stereocenters. The van der Waals surface area contributed by atoms with Gasteiger partial charge in [0.05, 0.1) is 18.7 Å². The van der Waals surface area contributed by atoms with E-state index in [4.69, 9.17) is 4.74 Å². The van der Waals surface area contributed by atoms with Crippen molar-refractivity contribution in [3.63, 3.8) is 0 Å². The van der Waals surface area contributed by atoms with Crippen LogP contribution in [0.25, 0.3) is 0 Å². The van der Waals surface area contributed by atoms with Crippen molar-refractivity contribution in [3.05, 3.63) is 45.9 Å². The number of aryl methyl sites for hydroxylation is 1. The van der Waals surface area contributed by atoms with Gasteiger partial charge in [-0.2, -0.15) is 5.26 Å². The van der Waals surface area contributed by atoms with Crippen molar-refractivity contribution in [1.82, 2.24) is 14.8 Å². The van der Waals surface area contributed by atoms with Crippen molar-refractivity contribution in [1.29, 1.82) is 5.26 Å². The Labute approximate surface area is 144 Å². The molecule has 2 aromatic rings. The highest BCUT2D eigenvalue weighted by molar-refractivity contribution is 8.00. The third-order valence-corrected chi connectivity index (χ3v) is 5.15. The van der Waals surface area contributed by atoms with Gasteiger partial charge in [-0.05, 0) is 31.7 Å². The maximum Gasteiger partial charge on any atom is 0.344 e. The lowest BCUT2D eigenvalue weighted by Gasteiger charge is -2.13. The Morgan fingerprint density at radius 2 is 2.29 bits per heavy atom. The van der Waals surface area contributed by atoms with Crippen molar-refractivity contribution in [2.45, 2.75) is 49.2 Å². The fourth-order valence-electron chi connectivity index (χ4n) is 2.73.